The first-order valence-corrected chi connectivity index (χ1v) is 9.47. The van der Waals surface area contributed by atoms with Gasteiger partial charge in [-0.1, -0.05) is 0 Å². The van der Waals surface area contributed by atoms with E-state index in [1.807, 2.05) is 0 Å². The number of aromatic nitrogens is 1. The van der Waals surface area contributed by atoms with Crippen LogP contribution in [0.25, 0.3) is 0 Å². The maximum atomic E-state index is 12.7. The van der Waals surface area contributed by atoms with Crippen LogP contribution in [0.1, 0.15) is 30.1 Å². The Morgan fingerprint density at radius 1 is 1.11 bits per heavy atom. The lowest BCUT2D eigenvalue weighted by Gasteiger charge is -2.49. The number of benzene rings is 1. The van der Waals surface area contributed by atoms with Gasteiger partial charge in [-0.25, -0.2) is 4.98 Å². The second-order valence-electron chi connectivity index (χ2n) is 7.28. The first-order chi connectivity index (χ1) is 13.1. The van der Waals surface area contributed by atoms with E-state index in [4.69, 9.17) is 9.47 Å². The molecule has 2 aromatic rings. The van der Waals surface area contributed by atoms with Gasteiger partial charge in [0.25, 0.3) is 5.91 Å². The highest BCUT2D eigenvalue weighted by Crippen LogP contribution is 2.32. The summed E-state index contributed by atoms with van der Waals surface area (Å²) in [5.41, 5.74) is 0.647. The lowest BCUT2D eigenvalue weighted by atomic mass is 9.79. The fourth-order valence-corrected chi connectivity index (χ4v) is 4.12. The van der Waals surface area contributed by atoms with Crippen LogP contribution in [0.2, 0.25) is 0 Å². The van der Waals surface area contributed by atoms with Gasteiger partial charge in [0, 0.05) is 23.7 Å². The van der Waals surface area contributed by atoms with Crippen molar-refractivity contribution in [1.82, 2.24) is 15.2 Å². The van der Waals surface area contributed by atoms with Crippen molar-refractivity contribution in [1.29, 1.82) is 0 Å². The Hall–Kier alpha value is -2.60. The Bertz CT molecular complexity index is 781. The van der Waals surface area contributed by atoms with Crippen LogP contribution in [-0.4, -0.2) is 48.1 Å². The van der Waals surface area contributed by atoms with E-state index in [9.17, 15) is 4.79 Å². The van der Waals surface area contributed by atoms with E-state index < -0.39 is 0 Å². The van der Waals surface area contributed by atoms with E-state index in [1.165, 1.54) is 12.8 Å². The quantitative estimate of drug-likeness (QED) is 0.880. The number of carbonyl (C=O) groups excluding carboxylic acids is 1. The molecule has 1 amide bonds. The zero-order chi connectivity index (χ0) is 18.8. The van der Waals surface area contributed by atoms with E-state index in [0.717, 1.165) is 13.1 Å². The van der Waals surface area contributed by atoms with Crippen molar-refractivity contribution in [2.45, 2.75) is 31.8 Å². The SMILES string of the molecule is COc1ccc(Oc2ccc(C(=O)N[C@@H]3C4CCN(CC4)[C@H]3C)cc2)nc1. The highest BCUT2D eigenvalue weighted by Gasteiger charge is 2.40. The average Bonchev–Trinajstić information content (AvgIpc) is 2.72. The monoisotopic (exact) mass is 367 g/mol. The molecule has 0 aliphatic carbocycles. The molecule has 2 atom stereocenters. The van der Waals surface area contributed by atoms with Crippen molar-refractivity contribution in [3.05, 3.63) is 48.2 Å². The Morgan fingerprint density at radius 3 is 2.41 bits per heavy atom. The molecular weight excluding hydrogens is 342 g/mol. The average molecular weight is 367 g/mol. The van der Waals surface area contributed by atoms with Gasteiger partial charge < -0.3 is 14.8 Å². The minimum atomic E-state index is -0.0188. The molecule has 0 radical (unpaired) electrons. The molecular formula is C21H25N3O3. The van der Waals surface area contributed by atoms with E-state index in [0.29, 0.717) is 34.9 Å². The van der Waals surface area contributed by atoms with Crippen LogP contribution in [0.4, 0.5) is 0 Å². The van der Waals surface area contributed by atoms with Crippen LogP contribution in [-0.2, 0) is 0 Å². The van der Waals surface area contributed by atoms with Gasteiger partial charge in [-0.15, -0.1) is 0 Å². The summed E-state index contributed by atoms with van der Waals surface area (Å²) >= 11 is 0. The number of piperidine rings is 3. The third-order valence-electron chi connectivity index (χ3n) is 5.76. The fourth-order valence-electron chi connectivity index (χ4n) is 4.12. The summed E-state index contributed by atoms with van der Waals surface area (Å²) in [6.07, 6.45) is 3.96. The predicted molar refractivity (Wildman–Crippen MR) is 102 cm³/mol. The van der Waals surface area contributed by atoms with E-state index >= 15 is 0 Å². The number of pyridine rings is 1. The van der Waals surface area contributed by atoms with Crippen molar-refractivity contribution in [2.24, 2.45) is 5.92 Å². The van der Waals surface area contributed by atoms with Crippen molar-refractivity contribution in [2.75, 3.05) is 20.2 Å². The van der Waals surface area contributed by atoms with Crippen molar-refractivity contribution < 1.29 is 14.3 Å². The third kappa shape index (κ3) is 3.76. The highest BCUT2D eigenvalue weighted by molar-refractivity contribution is 5.94. The number of hydrogen-bond donors (Lipinski definition) is 1. The summed E-state index contributed by atoms with van der Waals surface area (Å²) in [7, 11) is 1.60. The number of methoxy groups -OCH3 is 1. The largest absolute Gasteiger partial charge is 0.495 e. The van der Waals surface area contributed by atoms with Crippen LogP contribution in [0, 0.1) is 5.92 Å². The summed E-state index contributed by atoms with van der Waals surface area (Å²) in [6, 6.07) is 11.3. The zero-order valence-electron chi connectivity index (χ0n) is 15.7. The third-order valence-corrected chi connectivity index (χ3v) is 5.76. The molecule has 2 bridgehead atoms. The molecule has 1 aromatic heterocycles. The van der Waals surface area contributed by atoms with Gasteiger partial charge in [0.1, 0.15) is 11.5 Å². The highest BCUT2D eigenvalue weighted by atomic mass is 16.5. The number of nitrogens with one attached hydrogen (secondary N) is 1. The number of carbonyl (C=O) groups is 1. The van der Waals surface area contributed by atoms with Gasteiger partial charge in [0.05, 0.1) is 13.3 Å². The van der Waals surface area contributed by atoms with Crippen molar-refractivity contribution in [3.8, 4) is 17.4 Å². The van der Waals surface area contributed by atoms with Crippen molar-refractivity contribution >= 4 is 5.91 Å². The van der Waals surface area contributed by atoms with Crippen LogP contribution in [0.3, 0.4) is 0 Å². The molecule has 3 saturated heterocycles. The minimum absolute atomic E-state index is 0.0188. The smallest absolute Gasteiger partial charge is 0.251 e. The number of hydrogen-bond acceptors (Lipinski definition) is 5. The fraction of sp³-hybridized carbons (Fsp3) is 0.429. The molecule has 142 valence electrons. The van der Waals surface area contributed by atoms with Gasteiger partial charge in [0.2, 0.25) is 5.88 Å². The number of amides is 1. The Morgan fingerprint density at radius 2 is 1.81 bits per heavy atom. The number of rotatable bonds is 5. The lowest BCUT2D eigenvalue weighted by Crippen LogP contribution is -2.62. The standard InChI is InChI=1S/C21H25N3O3/c1-14-20(15-9-11-24(14)12-10-15)23-21(25)16-3-5-17(6-4-16)27-19-8-7-18(26-2)13-22-19/h3-8,13-15,20H,9-12H2,1-2H3,(H,23,25)/t14-,20-/m0/s1. The number of nitrogens with zero attached hydrogens (tertiary/aromatic N) is 2. The van der Waals surface area contributed by atoms with Crippen LogP contribution >= 0.6 is 0 Å². The Balaban J connectivity index is 1.38. The molecule has 1 aromatic carbocycles. The Kier molecular flexibility index (Phi) is 4.99. The molecule has 6 heteroatoms. The molecule has 0 unspecified atom stereocenters. The molecule has 5 rings (SSSR count). The van der Waals surface area contributed by atoms with E-state index in [1.54, 1.807) is 49.7 Å². The van der Waals surface area contributed by atoms with Gasteiger partial charge in [-0.3, -0.25) is 9.69 Å². The number of fused-ring (bicyclic) bond motifs is 3. The summed E-state index contributed by atoms with van der Waals surface area (Å²) in [4.78, 5) is 19.3. The maximum absolute atomic E-state index is 12.7. The van der Waals surface area contributed by atoms with Gasteiger partial charge >= 0.3 is 0 Å². The van der Waals surface area contributed by atoms with Gasteiger partial charge in [0.15, 0.2) is 0 Å². The second kappa shape index (κ2) is 7.56. The summed E-state index contributed by atoms with van der Waals surface area (Å²) < 4.78 is 10.8. The van der Waals surface area contributed by atoms with Crippen molar-refractivity contribution in [3.63, 3.8) is 0 Å². The summed E-state index contributed by atoms with van der Waals surface area (Å²) in [5.74, 6) is 2.37. The second-order valence-corrected chi connectivity index (χ2v) is 7.28. The summed E-state index contributed by atoms with van der Waals surface area (Å²) in [6.45, 7) is 4.53. The first kappa shape index (κ1) is 17.8. The van der Waals surface area contributed by atoms with E-state index in [-0.39, 0.29) is 11.9 Å². The molecule has 1 N–H and O–H groups in total. The molecule has 3 aliphatic rings. The molecule has 27 heavy (non-hydrogen) atoms. The lowest BCUT2D eigenvalue weighted by molar-refractivity contribution is 0.0217. The van der Waals surface area contributed by atoms with E-state index in [2.05, 4.69) is 22.1 Å². The topological polar surface area (TPSA) is 63.7 Å². The zero-order valence-corrected chi connectivity index (χ0v) is 15.7. The molecule has 4 heterocycles. The predicted octanol–water partition coefficient (Wildman–Crippen LogP) is 3.10. The molecule has 3 fully saturated rings. The normalized spacial score (nSPS) is 26.4. The van der Waals surface area contributed by atoms with Crippen LogP contribution in [0.15, 0.2) is 42.6 Å². The number of ether oxygens (including phenoxy) is 2. The minimum Gasteiger partial charge on any atom is -0.495 e. The molecule has 6 nitrogen and oxygen atoms in total. The maximum Gasteiger partial charge on any atom is 0.251 e. The van der Waals surface area contributed by atoms with Crippen LogP contribution < -0.4 is 14.8 Å². The van der Waals surface area contributed by atoms with Crippen LogP contribution in [0.5, 0.6) is 17.4 Å². The summed E-state index contributed by atoms with van der Waals surface area (Å²) in [5, 5.41) is 3.25. The molecule has 3 aliphatic heterocycles. The molecule has 0 saturated carbocycles. The molecule has 0 spiro atoms. The van der Waals surface area contributed by atoms with Gasteiger partial charge in [-0.05, 0) is 69.1 Å². The van der Waals surface area contributed by atoms with Gasteiger partial charge in [-0.2, -0.15) is 0 Å². The Labute approximate surface area is 159 Å². The first-order valence-electron chi connectivity index (χ1n) is 9.47.